The fourth-order valence-corrected chi connectivity index (χ4v) is 1.37. The maximum atomic E-state index is 11.1. The molecule has 1 atom stereocenters. The highest BCUT2D eigenvalue weighted by Crippen LogP contribution is 2.19. The molecule has 0 aliphatic carbocycles. The molecule has 0 radical (unpaired) electrons. The lowest BCUT2D eigenvalue weighted by Gasteiger charge is -2.09. The number of nitro groups is 1. The van der Waals surface area contributed by atoms with Crippen molar-refractivity contribution >= 4 is 27.6 Å². The van der Waals surface area contributed by atoms with Crippen molar-refractivity contribution in [2.75, 3.05) is 13.7 Å². The maximum Gasteiger partial charge on any atom is 0.322 e. The zero-order valence-corrected chi connectivity index (χ0v) is 10.5. The van der Waals surface area contributed by atoms with Gasteiger partial charge in [0.05, 0.1) is 18.1 Å². The largest absolute Gasteiger partial charge is 0.492 e. The first-order chi connectivity index (χ1) is 8.04. The summed E-state index contributed by atoms with van der Waals surface area (Å²) in [5.74, 6) is -0.136. The Labute approximate surface area is 106 Å². The van der Waals surface area contributed by atoms with Crippen LogP contribution in [0, 0.1) is 10.1 Å². The van der Waals surface area contributed by atoms with Gasteiger partial charge in [-0.3, -0.25) is 14.9 Å². The Bertz CT molecular complexity index is 423. The van der Waals surface area contributed by atoms with Gasteiger partial charge in [0.1, 0.15) is 17.2 Å². The van der Waals surface area contributed by atoms with Gasteiger partial charge in [0.2, 0.25) is 0 Å². The second-order valence-corrected chi connectivity index (χ2v) is 4.16. The molecule has 17 heavy (non-hydrogen) atoms. The van der Waals surface area contributed by atoms with Crippen molar-refractivity contribution in [1.82, 2.24) is 0 Å². The SMILES string of the molecule is COC(=O)C(Br)COc1cccc([N+](=O)[O-])c1. The highest BCUT2D eigenvalue weighted by molar-refractivity contribution is 9.10. The Morgan fingerprint density at radius 2 is 2.29 bits per heavy atom. The zero-order valence-electron chi connectivity index (χ0n) is 8.96. The smallest absolute Gasteiger partial charge is 0.322 e. The number of ether oxygens (including phenoxy) is 2. The molecule has 0 N–H and O–H groups in total. The van der Waals surface area contributed by atoms with E-state index in [0.29, 0.717) is 5.75 Å². The predicted octanol–water partition coefficient (Wildman–Crippen LogP) is 1.91. The molecule has 0 aliphatic rings. The van der Waals surface area contributed by atoms with Crippen LogP contribution in [-0.2, 0) is 9.53 Å². The first kappa shape index (κ1) is 13.4. The second kappa shape index (κ2) is 6.19. The van der Waals surface area contributed by atoms with Crippen molar-refractivity contribution in [2.45, 2.75) is 4.83 Å². The van der Waals surface area contributed by atoms with Gasteiger partial charge in [-0.1, -0.05) is 22.0 Å². The van der Waals surface area contributed by atoms with Gasteiger partial charge in [-0.05, 0) is 6.07 Å². The molecule has 1 aromatic carbocycles. The Morgan fingerprint density at radius 3 is 2.88 bits per heavy atom. The number of esters is 1. The van der Waals surface area contributed by atoms with Gasteiger partial charge in [0, 0.05) is 6.07 Å². The van der Waals surface area contributed by atoms with Crippen LogP contribution in [0.5, 0.6) is 5.75 Å². The third kappa shape index (κ3) is 4.03. The molecule has 1 aromatic rings. The van der Waals surface area contributed by atoms with Crippen molar-refractivity contribution in [3.63, 3.8) is 0 Å². The minimum Gasteiger partial charge on any atom is -0.492 e. The summed E-state index contributed by atoms with van der Waals surface area (Å²) in [6.07, 6.45) is 0. The van der Waals surface area contributed by atoms with Gasteiger partial charge in [-0.25, -0.2) is 0 Å². The lowest BCUT2D eigenvalue weighted by atomic mass is 10.3. The third-order valence-electron chi connectivity index (χ3n) is 1.88. The number of carbonyl (C=O) groups is 1. The van der Waals surface area contributed by atoms with Crippen LogP contribution >= 0.6 is 15.9 Å². The first-order valence-corrected chi connectivity index (χ1v) is 5.55. The summed E-state index contributed by atoms with van der Waals surface area (Å²) in [6, 6.07) is 5.73. The highest BCUT2D eigenvalue weighted by atomic mass is 79.9. The number of alkyl halides is 1. The Morgan fingerprint density at radius 1 is 1.59 bits per heavy atom. The van der Waals surface area contributed by atoms with Crippen LogP contribution in [0.4, 0.5) is 5.69 Å². The van der Waals surface area contributed by atoms with Crippen LogP contribution in [0.1, 0.15) is 0 Å². The van der Waals surface area contributed by atoms with Crippen LogP contribution in [0.15, 0.2) is 24.3 Å². The number of methoxy groups -OCH3 is 1. The number of halogens is 1. The molecule has 0 spiro atoms. The minimum absolute atomic E-state index is 0.0356. The molecular weight excluding hydrogens is 294 g/mol. The van der Waals surface area contributed by atoms with E-state index < -0.39 is 15.7 Å². The fourth-order valence-electron chi connectivity index (χ4n) is 1.05. The highest BCUT2D eigenvalue weighted by Gasteiger charge is 2.16. The number of carbonyl (C=O) groups excluding carboxylic acids is 1. The molecule has 0 heterocycles. The Kier molecular flexibility index (Phi) is 4.89. The van der Waals surface area contributed by atoms with E-state index in [4.69, 9.17) is 4.74 Å². The van der Waals surface area contributed by atoms with Crippen molar-refractivity contribution in [2.24, 2.45) is 0 Å². The molecule has 0 aliphatic heterocycles. The number of non-ortho nitro benzene ring substituents is 1. The van der Waals surface area contributed by atoms with E-state index in [0.717, 1.165) is 0 Å². The lowest BCUT2D eigenvalue weighted by molar-refractivity contribution is -0.384. The van der Waals surface area contributed by atoms with Crippen molar-refractivity contribution in [3.8, 4) is 5.75 Å². The molecule has 7 heteroatoms. The molecular formula is C10H10BrNO5. The molecule has 6 nitrogen and oxygen atoms in total. The number of nitrogens with zero attached hydrogens (tertiary/aromatic N) is 1. The molecule has 0 amide bonds. The molecule has 92 valence electrons. The van der Waals surface area contributed by atoms with Crippen LogP contribution in [0.2, 0.25) is 0 Å². The van der Waals surface area contributed by atoms with Crippen LogP contribution in [0.25, 0.3) is 0 Å². The number of hydrogen-bond acceptors (Lipinski definition) is 5. The van der Waals surface area contributed by atoms with Crippen LogP contribution in [-0.4, -0.2) is 29.4 Å². The Hall–Kier alpha value is -1.63. The summed E-state index contributed by atoms with van der Waals surface area (Å²) < 4.78 is 9.72. The number of nitro benzene ring substituents is 1. The zero-order chi connectivity index (χ0) is 12.8. The van der Waals surface area contributed by atoms with E-state index in [1.807, 2.05) is 0 Å². The van der Waals surface area contributed by atoms with Gasteiger partial charge in [0.25, 0.3) is 5.69 Å². The second-order valence-electron chi connectivity index (χ2n) is 3.06. The first-order valence-electron chi connectivity index (χ1n) is 4.63. The van der Waals surface area contributed by atoms with Crippen molar-refractivity contribution < 1.29 is 19.2 Å². The average Bonchev–Trinajstić information content (AvgIpc) is 2.35. The van der Waals surface area contributed by atoms with E-state index in [-0.39, 0.29) is 12.3 Å². The monoisotopic (exact) mass is 303 g/mol. The molecule has 1 rings (SSSR count). The summed E-state index contributed by atoms with van der Waals surface area (Å²) in [6.45, 7) is 0.0356. The summed E-state index contributed by atoms with van der Waals surface area (Å²) in [4.78, 5) is 20.4. The molecule has 0 fully saturated rings. The third-order valence-corrected chi connectivity index (χ3v) is 2.52. The van der Waals surface area contributed by atoms with Gasteiger partial charge in [-0.2, -0.15) is 0 Å². The number of benzene rings is 1. The van der Waals surface area contributed by atoms with Crippen LogP contribution < -0.4 is 4.74 Å². The minimum atomic E-state index is -0.605. The van der Waals surface area contributed by atoms with Crippen LogP contribution in [0.3, 0.4) is 0 Å². The van der Waals surface area contributed by atoms with E-state index in [1.54, 1.807) is 6.07 Å². The standard InChI is InChI=1S/C10H10BrNO5/c1-16-10(13)9(11)6-17-8-4-2-3-7(5-8)12(14)15/h2-5,9H,6H2,1H3. The molecule has 0 saturated heterocycles. The molecule has 1 unspecified atom stereocenters. The molecule has 0 saturated carbocycles. The van der Waals surface area contributed by atoms with E-state index in [2.05, 4.69) is 20.7 Å². The topological polar surface area (TPSA) is 78.7 Å². The average molecular weight is 304 g/mol. The van der Waals surface area contributed by atoms with Crippen molar-refractivity contribution in [1.29, 1.82) is 0 Å². The van der Waals surface area contributed by atoms with Gasteiger partial charge >= 0.3 is 5.97 Å². The van der Waals surface area contributed by atoms with Gasteiger partial charge in [-0.15, -0.1) is 0 Å². The predicted molar refractivity (Wildman–Crippen MR) is 63.3 cm³/mol. The van der Waals surface area contributed by atoms with E-state index >= 15 is 0 Å². The summed E-state index contributed by atoms with van der Waals surface area (Å²) in [7, 11) is 1.27. The van der Waals surface area contributed by atoms with Gasteiger partial charge < -0.3 is 9.47 Å². The number of hydrogen-bond donors (Lipinski definition) is 0. The van der Waals surface area contributed by atoms with E-state index in [1.165, 1.54) is 25.3 Å². The lowest BCUT2D eigenvalue weighted by Crippen LogP contribution is -2.22. The normalized spacial score (nSPS) is 11.6. The number of rotatable bonds is 5. The summed E-state index contributed by atoms with van der Waals surface area (Å²) in [5, 5.41) is 10.5. The Balaban J connectivity index is 2.60. The van der Waals surface area contributed by atoms with E-state index in [9.17, 15) is 14.9 Å². The summed E-state index contributed by atoms with van der Waals surface area (Å²) in [5.41, 5.74) is -0.0632. The quantitative estimate of drug-likeness (QED) is 0.359. The van der Waals surface area contributed by atoms with Gasteiger partial charge in [0.15, 0.2) is 0 Å². The van der Waals surface area contributed by atoms with Crippen molar-refractivity contribution in [3.05, 3.63) is 34.4 Å². The summed E-state index contributed by atoms with van der Waals surface area (Å²) >= 11 is 3.07. The maximum absolute atomic E-state index is 11.1. The molecule has 0 aromatic heterocycles. The molecule has 0 bridgehead atoms. The fraction of sp³-hybridized carbons (Fsp3) is 0.300.